The second-order valence-electron chi connectivity index (χ2n) is 2.08. The fourth-order valence-electron chi connectivity index (χ4n) is 0.993. The van der Waals surface area contributed by atoms with Gasteiger partial charge in [0.05, 0.1) is 5.88 Å². The molecule has 0 saturated carbocycles. The second-order valence-corrected chi connectivity index (χ2v) is 3.37. The molecule has 0 bridgehead atoms. The number of rotatable bonds is 2. The maximum absolute atomic E-state index is 4.07. The van der Waals surface area contributed by atoms with Gasteiger partial charge in [0.15, 0.2) is 0 Å². The number of nitrogens with zero attached hydrogens (tertiary/aromatic N) is 1. The lowest BCUT2D eigenvalue weighted by atomic mass is 10.4. The zero-order valence-electron chi connectivity index (χ0n) is 4.84. The molecule has 0 N–H and O–H groups in total. The Balaban J connectivity index is 2.06. The van der Waals surface area contributed by atoms with Gasteiger partial charge < -0.3 is 0 Å². The van der Waals surface area contributed by atoms with Crippen LogP contribution in [0.4, 0.5) is 0 Å². The van der Waals surface area contributed by atoms with Crippen LogP contribution in [0, 0.1) is 0 Å². The van der Waals surface area contributed by atoms with Crippen molar-refractivity contribution in [3.63, 3.8) is 0 Å². The molecule has 1 rings (SSSR count). The van der Waals surface area contributed by atoms with Crippen molar-refractivity contribution < 1.29 is 0 Å². The topological polar surface area (TPSA) is 3.24 Å². The van der Waals surface area contributed by atoms with Gasteiger partial charge in [0.25, 0.3) is 0 Å². The fourth-order valence-corrected chi connectivity index (χ4v) is 1.90. The smallest absolute Gasteiger partial charge is 0.0546 e. The number of thiol groups is 1. The van der Waals surface area contributed by atoms with E-state index in [-0.39, 0.29) is 0 Å². The Morgan fingerprint density at radius 2 is 2.00 bits per heavy atom. The SMILES string of the molecule is SSCN1CCCC1. The summed E-state index contributed by atoms with van der Waals surface area (Å²) < 4.78 is 0. The molecule has 0 aromatic rings. The highest BCUT2D eigenvalue weighted by Gasteiger charge is 2.09. The normalized spacial score (nSPS) is 22.1. The summed E-state index contributed by atoms with van der Waals surface area (Å²) in [5, 5.41) is 0. The third-order valence-electron chi connectivity index (χ3n) is 1.44. The Bertz CT molecular complexity index is 61.4. The Kier molecular flexibility index (Phi) is 3.08. The van der Waals surface area contributed by atoms with Crippen LogP contribution in [0.25, 0.3) is 0 Å². The van der Waals surface area contributed by atoms with E-state index >= 15 is 0 Å². The van der Waals surface area contributed by atoms with E-state index in [9.17, 15) is 0 Å². The van der Waals surface area contributed by atoms with Gasteiger partial charge in [-0.3, -0.25) is 4.90 Å². The maximum atomic E-state index is 4.07. The molecule has 1 aliphatic heterocycles. The largest absolute Gasteiger partial charge is 0.293 e. The molecule has 8 heavy (non-hydrogen) atoms. The molecule has 0 aliphatic carbocycles. The molecule has 0 atom stereocenters. The molecule has 1 fully saturated rings. The van der Waals surface area contributed by atoms with Gasteiger partial charge in [0, 0.05) is 0 Å². The first kappa shape index (κ1) is 6.78. The van der Waals surface area contributed by atoms with Crippen LogP contribution < -0.4 is 0 Å². The summed E-state index contributed by atoms with van der Waals surface area (Å²) >= 11 is 4.07. The van der Waals surface area contributed by atoms with Crippen LogP contribution in [0.2, 0.25) is 0 Å². The third kappa shape index (κ3) is 1.88. The first-order valence-electron chi connectivity index (χ1n) is 2.92. The van der Waals surface area contributed by atoms with Crippen molar-refractivity contribution >= 4 is 22.5 Å². The highest BCUT2D eigenvalue weighted by Crippen LogP contribution is 2.13. The van der Waals surface area contributed by atoms with Gasteiger partial charge >= 0.3 is 0 Å². The number of hydrogen-bond donors (Lipinski definition) is 1. The van der Waals surface area contributed by atoms with Crippen LogP contribution in [0.15, 0.2) is 0 Å². The van der Waals surface area contributed by atoms with E-state index in [1.54, 1.807) is 10.8 Å². The lowest BCUT2D eigenvalue weighted by Gasteiger charge is -2.10. The minimum Gasteiger partial charge on any atom is -0.293 e. The second kappa shape index (κ2) is 3.64. The molecule has 0 aromatic heterocycles. The molecule has 1 aliphatic rings. The summed E-state index contributed by atoms with van der Waals surface area (Å²) in [5.74, 6) is 1.10. The maximum Gasteiger partial charge on any atom is 0.0546 e. The number of likely N-dealkylation sites (tertiary alicyclic amines) is 1. The Hall–Kier alpha value is 0.660. The predicted molar refractivity (Wildman–Crippen MR) is 42.3 cm³/mol. The highest BCUT2D eigenvalue weighted by atomic mass is 33.1. The monoisotopic (exact) mass is 149 g/mol. The van der Waals surface area contributed by atoms with Crippen molar-refractivity contribution in [3.05, 3.63) is 0 Å². The zero-order valence-corrected chi connectivity index (χ0v) is 6.55. The Morgan fingerprint density at radius 3 is 2.50 bits per heavy atom. The summed E-state index contributed by atoms with van der Waals surface area (Å²) in [4.78, 5) is 2.43. The van der Waals surface area contributed by atoms with E-state index in [2.05, 4.69) is 16.6 Å². The fraction of sp³-hybridized carbons (Fsp3) is 1.00. The minimum absolute atomic E-state index is 1.10. The highest BCUT2D eigenvalue weighted by molar-refractivity contribution is 8.68. The van der Waals surface area contributed by atoms with Crippen molar-refractivity contribution in [1.82, 2.24) is 4.90 Å². The van der Waals surface area contributed by atoms with Gasteiger partial charge in [-0.15, -0.1) is 11.7 Å². The summed E-state index contributed by atoms with van der Waals surface area (Å²) in [6, 6.07) is 0. The molecule has 0 amide bonds. The molecule has 1 heterocycles. The molecular formula is C5H11NS2. The first-order valence-corrected chi connectivity index (χ1v) is 4.96. The standard InChI is InChI=1S/C5H11NS2/c7-8-5-6-3-1-2-4-6/h7H,1-5H2. The van der Waals surface area contributed by atoms with Gasteiger partial charge in [0.1, 0.15) is 0 Å². The molecule has 0 spiro atoms. The summed E-state index contributed by atoms with van der Waals surface area (Å²) in [7, 11) is 1.62. The van der Waals surface area contributed by atoms with Gasteiger partial charge in [-0.1, -0.05) is 10.8 Å². The molecule has 0 unspecified atom stereocenters. The molecular weight excluding hydrogens is 138 g/mol. The van der Waals surface area contributed by atoms with E-state index in [4.69, 9.17) is 0 Å². The Labute approximate surface area is 59.6 Å². The molecule has 48 valence electrons. The number of hydrogen-bond acceptors (Lipinski definition) is 3. The third-order valence-corrected chi connectivity index (χ3v) is 2.27. The van der Waals surface area contributed by atoms with Crippen molar-refractivity contribution in [2.24, 2.45) is 0 Å². The van der Waals surface area contributed by atoms with Crippen LogP contribution in [0.3, 0.4) is 0 Å². The lowest BCUT2D eigenvalue weighted by Crippen LogP contribution is -2.16. The van der Waals surface area contributed by atoms with E-state index in [0.29, 0.717) is 0 Å². The average Bonchev–Trinajstić information content (AvgIpc) is 2.19. The van der Waals surface area contributed by atoms with E-state index < -0.39 is 0 Å². The van der Waals surface area contributed by atoms with Crippen LogP contribution in [-0.4, -0.2) is 23.9 Å². The van der Waals surface area contributed by atoms with Gasteiger partial charge in [-0.2, -0.15) is 0 Å². The zero-order chi connectivity index (χ0) is 5.82. The van der Waals surface area contributed by atoms with Crippen molar-refractivity contribution in [2.75, 3.05) is 19.0 Å². The van der Waals surface area contributed by atoms with Crippen molar-refractivity contribution in [2.45, 2.75) is 12.8 Å². The van der Waals surface area contributed by atoms with Crippen LogP contribution in [0.1, 0.15) is 12.8 Å². The summed E-state index contributed by atoms with van der Waals surface area (Å²) in [5.41, 5.74) is 0. The quantitative estimate of drug-likeness (QED) is 0.469. The average molecular weight is 149 g/mol. The summed E-state index contributed by atoms with van der Waals surface area (Å²) in [6.45, 7) is 2.57. The van der Waals surface area contributed by atoms with E-state index in [1.165, 1.54) is 25.9 Å². The predicted octanol–water partition coefficient (Wildman–Crippen LogP) is 1.62. The summed E-state index contributed by atoms with van der Waals surface area (Å²) in [6.07, 6.45) is 2.77. The molecule has 1 nitrogen and oxygen atoms in total. The van der Waals surface area contributed by atoms with E-state index in [1.807, 2.05) is 0 Å². The van der Waals surface area contributed by atoms with Gasteiger partial charge in [-0.25, -0.2) is 0 Å². The van der Waals surface area contributed by atoms with Crippen LogP contribution >= 0.6 is 22.5 Å². The van der Waals surface area contributed by atoms with Crippen molar-refractivity contribution in [3.8, 4) is 0 Å². The van der Waals surface area contributed by atoms with Gasteiger partial charge in [0.2, 0.25) is 0 Å². The lowest BCUT2D eigenvalue weighted by molar-refractivity contribution is 0.402. The minimum atomic E-state index is 1.10. The van der Waals surface area contributed by atoms with Crippen LogP contribution in [-0.2, 0) is 0 Å². The van der Waals surface area contributed by atoms with E-state index in [0.717, 1.165) is 5.88 Å². The van der Waals surface area contributed by atoms with Gasteiger partial charge in [-0.05, 0) is 25.9 Å². The molecule has 0 radical (unpaired) electrons. The first-order chi connectivity index (χ1) is 3.93. The Morgan fingerprint density at radius 1 is 1.38 bits per heavy atom. The van der Waals surface area contributed by atoms with Crippen molar-refractivity contribution in [1.29, 1.82) is 0 Å². The molecule has 3 heteroatoms. The molecule has 0 aromatic carbocycles. The molecule has 1 saturated heterocycles. The van der Waals surface area contributed by atoms with Crippen LogP contribution in [0.5, 0.6) is 0 Å².